The van der Waals surface area contributed by atoms with Gasteiger partial charge in [-0.15, -0.1) is 0 Å². The number of carboxylic acids is 1. The van der Waals surface area contributed by atoms with Crippen LogP contribution in [0, 0.1) is 0 Å². The van der Waals surface area contributed by atoms with Crippen LogP contribution in [0.2, 0.25) is 0 Å². The van der Waals surface area contributed by atoms with Crippen LogP contribution in [-0.4, -0.2) is 28.8 Å². The molecule has 98 valence electrons. The summed E-state index contributed by atoms with van der Waals surface area (Å²) in [4.78, 5) is 22.0. The molecule has 0 radical (unpaired) electrons. The van der Waals surface area contributed by atoms with E-state index in [4.69, 9.17) is 5.11 Å². The molecule has 0 saturated carbocycles. The lowest BCUT2D eigenvalue weighted by molar-refractivity contribution is -0.151. The number of halogens is 2. The fourth-order valence-corrected chi connectivity index (χ4v) is 1.46. The van der Waals surface area contributed by atoms with Crippen molar-refractivity contribution < 1.29 is 23.5 Å². The Morgan fingerprint density at radius 3 is 2.33 bits per heavy atom. The van der Waals surface area contributed by atoms with Crippen molar-refractivity contribution >= 4 is 24.5 Å². The maximum Gasteiger partial charge on any atom is 0.349 e. The summed E-state index contributed by atoms with van der Waals surface area (Å²) in [5, 5.41) is 10.4. The highest BCUT2D eigenvalue weighted by molar-refractivity contribution is 7.80. The summed E-state index contributed by atoms with van der Waals surface area (Å²) in [6, 6.07) is 5.00. The number of carbonyl (C=O) groups is 2. The van der Waals surface area contributed by atoms with Crippen molar-refractivity contribution in [2.75, 3.05) is 5.75 Å². The van der Waals surface area contributed by atoms with E-state index in [9.17, 15) is 18.4 Å². The highest BCUT2D eigenvalue weighted by Gasteiger charge is 2.42. The molecule has 1 aromatic carbocycles. The number of carboxylic acid groups (broad SMARTS) is 1. The van der Waals surface area contributed by atoms with Gasteiger partial charge in [-0.25, -0.2) is 4.79 Å². The summed E-state index contributed by atoms with van der Waals surface area (Å²) < 4.78 is 27.4. The van der Waals surface area contributed by atoms with Crippen LogP contribution in [-0.2, 0) is 15.5 Å². The van der Waals surface area contributed by atoms with E-state index >= 15 is 0 Å². The molecule has 0 aromatic heterocycles. The average Bonchev–Trinajstić information content (AvgIpc) is 2.36. The summed E-state index contributed by atoms with van der Waals surface area (Å²) in [6.45, 7) is 0. The molecule has 0 aliphatic heterocycles. The molecular formula is C11H11F2NO3S. The third-order valence-electron chi connectivity index (χ3n) is 2.21. The molecule has 1 amide bonds. The second-order valence-corrected chi connectivity index (χ2v) is 3.85. The monoisotopic (exact) mass is 275 g/mol. The molecule has 1 atom stereocenters. The van der Waals surface area contributed by atoms with Crippen LogP contribution in [0.5, 0.6) is 0 Å². The Balaban J connectivity index is 2.86. The molecule has 1 rings (SSSR count). The minimum atomic E-state index is -3.78. The minimum Gasteiger partial charge on any atom is -0.480 e. The molecule has 0 spiro atoms. The van der Waals surface area contributed by atoms with E-state index in [-0.39, 0.29) is 5.75 Å². The number of rotatable bonds is 5. The molecule has 7 heteroatoms. The number of nitrogens with one attached hydrogen (secondary N) is 1. The highest BCUT2D eigenvalue weighted by atomic mass is 32.1. The highest BCUT2D eigenvalue weighted by Crippen LogP contribution is 2.27. The van der Waals surface area contributed by atoms with Crippen LogP contribution >= 0.6 is 12.6 Å². The van der Waals surface area contributed by atoms with Crippen LogP contribution in [0.25, 0.3) is 0 Å². The number of benzene rings is 1. The van der Waals surface area contributed by atoms with Gasteiger partial charge in [0.1, 0.15) is 6.04 Å². The standard InChI is InChI=1S/C11H11F2NO3S/c12-11(13,7-4-2-1-3-5-7)10(17)14-8(6-18)9(15)16/h1-5,8,18H,6H2,(H,14,17)(H,15,16)/t8-/m0/s1. The molecule has 0 saturated heterocycles. The Hall–Kier alpha value is -1.63. The minimum absolute atomic E-state index is 0.272. The zero-order valence-electron chi connectivity index (χ0n) is 9.14. The second-order valence-electron chi connectivity index (χ2n) is 3.49. The van der Waals surface area contributed by atoms with E-state index in [0.717, 1.165) is 12.1 Å². The summed E-state index contributed by atoms with van der Waals surface area (Å²) >= 11 is 3.67. The lowest BCUT2D eigenvalue weighted by Crippen LogP contribution is -2.48. The molecule has 2 N–H and O–H groups in total. The molecule has 4 nitrogen and oxygen atoms in total. The van der Waals surface area contributed by atoms with Gasteiger partial charge in [0.2, 0.25) is 0 Å². The number of hydrogen-bond acceptors (Lipinski definition) is 3. The summed E-state index contributed by atoms with van der Waals surface area (Å²) in [7, 11) is 0. The lowest BCUT2D eigenvalue weighted by Gasteiger charge is -2.19. The van der Waals surface area contributed by atoms with Gasteiger partial charge in [0.15, 0.2) is 0 Å². The number of thiol groups is 1. The van der Waals surface area contributed by atoms with Gasteiger partial charge in [-0.05, 0) is 0 Å². The van der Waals surface area contributed by atoms with E-state index in [1.54, 1.807) is 5.32 Å². The first-order valence-electron chi connectivity index (χ1n) is 4.97. The van der Waals surface area contributed by atoms with Crippen LogP contribution in [0.3, 0.4) is 0 Å². The average molecular weight is 275 g/mol. The Morgan fingerprint density at radius 2 is 1.89 bits per heavy atom. The van der Waals surface area contributed by atoms with E-state index in [1.165, 1.54) is 18.2 Å². The van der Waals surface area contributed by atoms with Gasteiger partial charge in [0.05, 0.1) is 0 Å². The molecule has 0 aliphatic rings. The topological polar surface area (TPSA) is 66.4 Å². The van der Waals surface area contributed by atoms with Gasteiger partial charge >= 0.3 is 11.9 Å². The number of hydrogen-bond donors (Lipinski definition) is 3. The van der Waals surface area contributed by atoms with Crippen molar-refractivity contribution in [1.82, 2.24) is 5.32 Å². The maximum atomic E-state index is 13.7. The van der Waals surface area contributed by atoms with Crippen molar-refractivity contribution in [2.45, 2.75) is 12.0 Å². The largest absolute Gasteiger partial charge is 0.480 e. The zero-order chi connectivity index (χ0) is 13.8. The van der Waals surface area contributed by atoms with Crippen molar-refractivity contribution in [3.8, 4) is 0 Å². The van der Waals surface area contributed by atoms with Crippen molar-refractivity contribution in [3.05, 3.63) is 35.9 Å². The molecule has 0 fully saturated rings. The Kier molecular flexibility index (Phi) is 4.66. The van der Waals surface area contributed by atoms with Gasteiger partial charge in [0.25, 0.3) is 5.91 Å². The Morgan fingerprint density at radius 1 is 1.33 bits per heavy atom. The first kappa shape index (κ1) is 14.4. The second kappa shape index (κ2) is 5.81. The molecule has 0 aliphatic carbocycles. The van der Waals surface area contributed by atoms with Gasteiger partial charge < -0.3 is 10.4 Å². The molecule has 1 aromatic rings. The van der Waals surface area contributed by atoms with Crippen LogP contribution < -0.4 is 5.32 Å². The molecule has 0 bridgehead atoms. The predicted molar refractivity (Wildman–Crippen MR) is 63.8 cm³/mol. The smallest absolute Gasteiger partial charge is 0.349 e. The Bertz CT molecular complexity index is 439. The summed E-state index contributed by atoms with van der Waals surface area (Å²) in [5.41, 5.74) is -0.495. The summed E-state index contributed by atoms with van der Waals surface area (Å²) in [6.07, 6.45) is 0. The third-order valence-corrected chi connectivity index (χ3v) is 2.57. The summed E-state index contributed by atoms with van der Waals surface area (Å²) in [5.74, 6) is -7.12. The SMILES string of the molecule is O=C(O)[C@H](CS)NC(=O)C(F)(F)c1ccccc1. The predicted octanol–water partition coefficient (Wildman–Crippen LogP) is 1.28. The van der Waals surface area contributed by atoms with Crippen LogP contribution in [0.1, 0.15) is 5.56 Å². The first-order chi connectivity index (χ1) is 8.39. The van der Waals surface area contributed by atoms with E-state index in [0.29, 0.717) is 0 Å². The van der Waals surface area contributed by atoms with Gasteiger partial charge in [-0.1, -0.05) is 30.3 Å². The molecule has 18 heavy (non-hydrogen) atoms. The fraction of sp³-hybridized carbons (Fsp3) is 0.273. The van der Waals surface area contributed by atoms with E-state index in [2.05, 4.69) is 12.6 Å². The number of amides is 1. The van der Waals surface area contributed by atoms with Crippen molar-refractivity contribution in [1.29, 1.82) is 0 Å². The molecule has 0 heterocycles. The molecular weight excluding hydrogens is 264 g/mol. The van der Waals surface area contributed by atoms with Gasteiger partial charge in [-0.3, -0.25) is 4.79 Å². The van der Waals surface area contributed by atoms with E-state index < -0.39 is 29.4 Å². The third kappa shape index (κ3) is 3.19. The number of aliphatic carboxylic acids is 1. The van der Waals surface area contributed by atoms with E-state index in [1.807, 2.05) is 0 Å². The number of carbonyl (C=O) groups excluding carboxylic acids is 1. The zero-order valence-corrected chi connectivity index (χ0v) is 10.0. The Labute approximate surface area is 107 Å². The lowest BCUT2D eigenvalue weighted by atomic mass is 10.1. The van der Waals surface area contributed by atoms with Gasteiger partial charge in [0, 0.05) is 11.3 Å². The molecule has 0 unspecified atom stereocenters. The normalized spacial score (nSPS) is 12.8. The first-order valence-corrected chi connectivity index (χ1v) is 5.60. The maximum absolute atomic E-state index is 13.7. The van der Waals surface area contributed by atoms with Crippen LogP contribution in [0.4, 0.5) is 8.78 Å². The van der Waals surface area contributed by atoms with Crippen LogP contribution in [0.15, 0.2) is 30.3 Å². The van der Waals surface area contributed by atoms with Crippen molar-refractivity contribution in [2.24, 2.45) is 0 Å². The fourth-order valence-electron chi connectivity index (χ4n) is 1.21. The van der Waals surface area contributed by atoms with Gasteiger partial charge in [-0.2, -0.15) is 21.4 Å². The quantitative estimate of drug-likeness (QED) is 0.709. The van der Waals surface area contributed by atoms with Crippen molar-refractivity contribution in [3.63, 3.8) is 0 Å². The number of alkyl halides is 2.